The molecule has 4 N–H and O–H groups in total. The number of anilines is 2. The molecule has 0 fully saturated rings. The summed E-state index contributed by atoms with van der Waals surface area (Å²) >= 11 is 13.0. The maximum absolute atomic E-state index is 12.9. The molecule has 212 valence electrons. The minimum atomic E-state index is -0.473. The molecule has 0 aliphatic carbocycles. The van der Waals surface area contributed by atoms with Gasteiger partial charge in [0.25, 0.3) is 11.8 Å². The Morgan fingerprint density at radius 1 is 0.535 bits per heavy atom. The highest BCUT2D eigenvalue weighted by Gasteiger charge is 2.16. The van der Waals surface area contributed by atoms with E-state index in [1.807, 2.05) is 60.7 Å². The van der Waals surface area contributed by atoms with E-state index in [0.717, 1.165) is 32.7 Å². The van der Waals surface area contributed by atoms with Gasteiger partial charge >= 0.3 is 0 Å². The van der Waals surface area contributed by atoms with E-state index in [9.17, 15) is 19.8 Å². The fourth-order valence-electron chi connectivity index (χ4n) is 4.98. The standard InChI is InChI=1S/C35H24Cl2N2O4/c36-28-14-20(9-11-30(28)38-34(42)26-16-22-5-1-3-7-24(22)18-32(26)40)13-21-10-12-31(29(37)15-21)39-35(43)27-17-23-6-2-4-8-25(23)19-33(27)41/h1-12,14-19,40-41H,13H2,(H,38,42)(H,39,43). The summed E-state index contributed by atoms with van der Waals surface area (Å²) in [5.74, 6) is -1.18. The molecule has 2 amide bonds. The maximum atomic E-state index is 12.9. The van der Waals surface area contributed by atoms with Crippen molar-refractivity contribution in [3.63, 3.8) is 0 Å². The quantitative estimate of drug-likeness (QED) is 0.152. The topological polar surface area (TPSA) is 98.7 Å². The van der Waals surface area contributed by atoms with Gasteiger partial charge in [0.15, 0.2) is 0 Å². The van der Waals surface area contributed by atoms with Crippen molar-refractivity contribution in [3.05, 3.63) is 141 Å². The van der Waals surface area contributed by atoms with Gasteiger partial charge in [-0.25, -0.2) is 0 Å². The van der Waals surface area contributed by atoms with E-state index < -0.39 is 11.8 Å². The molecule has 0 saturated carbocycles. The number of rotatable bonds is 6. The minimum absolute atomic E-state index is 0.116. The summed E-state index contributed by atoms with van der Waals surface area (Å²) in [5.41, 5.74) is 2.89. The number of hydrogen-bond donors (Lipinski definition) is 4. The van der Waals surface area contributed by atoms with E-state index in [4.69, 9.17) is 23.2 Å². The number of phenolic OH excluding ortho intramolecular Hbond substituents is 2. The molecule has 0 aromatic heterocycles. The lowest BCUT2D eigenvalue weighted by atomic mass is 10.0. The number of nitrogens with one attached hydrogen (secondary N) is 2. The number of carbonyl (C=O) groups is 2. The molecule has 0 unspecified atom stereocenters. The van der Waals surface area contributed by atoms with E-state index in [1.54, 1.807) is 48.5 Å². The van der Waals surface area contributed by atoms with Gasteiger partial charge in [-0.1, -0.05) is 83.9 Å². The second-order valence-corrected chi connectivity index (χ2v) is 11.0. The van der Waals surface area contributed by atoms with E-state index in [2.05, 4.69) is 10.6 Å². The SMILES string of the molecule is O=C(Nc1ccc(Cc2ccc(NC(=O)c3cc4ccccc4cc3O)c(Cl)c2)cc1Cl)c1cc2ccccc2cc1O. The van der Waals surface area contributed by atoms with Crippen LogP contribution < -0.4 is 10.6 Å². The third-order valence-electron chi connectivity index (χ3n) is 7.19. The number of carbonyl (C=O) groups excluding carboxylic acids is 2. The number of hydrogen-bond acceptors (Lipinski definition) is 4. The molecule has 8 heteroatoms. The summed E-state index contributed by atoms with van der Waals surface area (Å²) in [6.45, 7) is 0. The van der Waals surface area contributed by atoms with Gasteiger partial charge in [0.05, 0.1) is 32.5 Å². The molecule has 6 aromatic rings. The van der Waals surface area contributed by atoms with Crippen LogP contribution in [0.3, 0.4) is 0 Å². The molecule has 0 heterocycles. The highest BCUT2D eigenvalue weighted by atomic mass is 35.5. The number of amides is 2. The Hall–Kier alpha value is -5.04. The minimum Gasteiger partial charge on any atom is -0.507 e. The van der Waals surface area contributed by atoms with Gasteiger partial charge in [-0.05, 0) is 87.6 Å². The Labute approximate surface area is 257 Å². The zero-order valence-corrected chi connectivity index (χ0v) is 24.1. The van der Waals surface area contributed by atoms with Gasteiger partial charge in [-0.3, -0.25) is 9.59 Å². The van der Waals surface area contributed by atoms with Crippen LogP contribution in [0.15, 0.2) is 109 Å². The molecular formula is C35H24Cl2N2O4. The molecule has 43 heavy (non-hydrogen) atoms. The predicted octanol–water partition coefficient (Wildman–Crippen LogP) is 8.81. The fraction of sp³-hybridized carbons (Fsp3) is 0.0286. The van der Waals surface area contributed by atoms with Crippen LogP contribution in [0.1, 0.15) is 31.8 Å². The van der Waals surface area contributed by atoms with Crippen LogP contribution in [0.25, 0.3) is 21.5 Å². The number of fused-ring (bicyclic) bond motifs is 2. The Morgan fingerprint density at radius 3 is 1.28 bits per heavy atom. The molecule has 6 nitrogen and oxygen atoms in total. The monoisotopic (exact) mass is 606 g/mol. The number of benzene rings is 6. The Balaban J connectivity index is 1.14. The Bertz CT molecular complexity index is 1910. The van der Waals surface area contributed by atoms with Crippen molar-refractivity contribution in [1.82, 2.24) is 0 Å². The molecule has 0 bridgehead atoms. The van der Waals surface area contributed by atoms with E-state index in [-0.39, 0.29) is 22.6 Å². The van der Waals surface area contributed by atoms with Gasteiger partial charge in [0, 0.05) is 0 Å². The van der Waals surface area contributed by atoms with Crippen LogP contribution in [-0.4, -0.2) is 22.0 Å². The first-order valence-corrected chi connectivity index (χ1v) is 14.1. The first kappa shape index (κ1) is 28.1. The van der Waals surface area contributed by atoms with Crippen LogP contribution in [0.2, 0.25) is 10.0 Å². The van der Waals surface area contributed by atoms with Gasteiger partial charge in [0.1, 0.15) is 11.5 Å². The van der Waals surface area contributed by atoms with E-state index in [1.165, 1.54) is 0 Å². The molecule has 0 atom stereocenters. The average molecular weight is 607 g/mol. The highest BCUT2D eigenvalue weighted by molar-refractivity contribution is 6.34. The van der Waals surface area contributed by atoms with Gasteiger partial charge < -0.3 is 20.8 Å². The van der Waals surface area contributed by atoms with E-state index in [0.29, 0.717) is 27.8 Å². The van der Waals surface area contributed by atoms with Crippen LogP contribution in [-0.2, 0) is 6.42 Å². The van der Waals surface area contributed by atoms with E-state index >= 15 is 0 Å². The van der Waals surface area contributed by atoms with Crippen molar-refractivity contribution in [2.24, 2.45) is 0 Å². The summed E-state index contributed by atoms with van der Waals surface area (Å²) in [7, 11) is 0. The molecule has 6 aromatic carbocycles. The van der Waals surface area contributed by atoms with Gasteiger partial charge in [-0.15, -0.1) is 0 Å². The first-order chi connectivity index (χ1) is 20.7. The molecule has 0 radical (unpaired) electrons. The lowest BCUT2D eigenvalue weighted by molar-refractivity contribution is 0.101. The van der Waals surface area contributed by atoms with Gasteiger partial charge in [-0.2, -0.15) is 0 Å². The maximum Gasteiger partial charge on any atom is 0.259 e. The summed E-state index contributed by atoms with van der Waals surface area (Å²) in [5, 5.41) is 30.4. The molecule has 0 aliphatic heterocycles. The summed E-state index contributed by atoms with van der Waals surface area (Å²) in [6, 6.07) is 31.9. The zero-order chi connectivity index (χ0) is 30.1. The Kier molecular flexibility index (Phi) is 7.63. The zero-order valence-electron chi connectivity index (χ0n) is 22.6. The van der Waals surface area contributed by atoms with Crippen LogP contribution in [0.5, 0.6) is 11.5 Å². The lowest BCUT2D eigenvalue weighted by Gasteiger charge is -2.12. The fourth-order valence-corrected chi connectivity index (χ4v) is 5.48. The van der Waals surface area contributed by atoms with Crippen molar-refractivity contribution >= 4 is 67.9 Å². The molecule has 0 spiro atoms. The van der Waals surface area contributed by atoms with Crippen LogP contribution in [0.4, 0.5) is 11.4 Å². The van der Waals surface area contributed by atoms with Crippen molar-refractivity contribution in [1.29, 1.82) is 0 Å². The largest absolute Gasteiger partial charge is 0.507 e. The molecule has 0 saturated heterocycles. The number of phenols is 2. The first-order valence-electron chi connectivity index (χ1n) is 13.4. The van der Waals surface area contributed by atoms with Gasteiger partial charge in [0.2, 0.25) is 0 Å². The summed E-state index contributed by atoms with van der Waals surface area (Å²) in [6.07, 6.45) is 0.499. The smallest absolute Gasteiger partial charge is 0.259 e. The molecular weight excluding hydrogens is 583 g/mol. The molecule has 0 aliphatic rings. The number of aromatic hydroxyl groups is 2. The normalized spacial score (nSPS) is 11.0. The lowest BCUT2D eigenvalue weighted by Crippen LogP contribution is -2.13. The highest BCUT2D eigenvalue weighted by Crippen LogP contribution is 2.31. The van der Waals surface area contributed by atoms with Crippen molar-refractivity contribution in [3.8, 4) is 11.5 Å². The average Bonchev–Trinajstić information content (AvgIpc) is 2.99. The number of halogens is 2. The van der Waals surface area contributed by atoms with Crippen molar-refractivity contribution in [2.45, 2.75) is 6.42 Å². The van der Waals surface area contributed by atoms with Crippen LogP contribution in [0, 0.1) is 0 Å². The summed E-state index contributed by atoms with van der Waals surface area (Å²) < 4.78 is 0. The second kappa shape index (κ2) is 11.7. The Morgan fingerprint density at radius 2 is 0.907 bits per heavy atom. The third kappa shape index (κ3) is 5.97. The third-order valence-corrected chi connectivity index (χ3v) is 7.81. The predicted molar refractivity (Wildman–Crippen MR) is 173 cm³/mol. The molecule has 6 rings (SSSR count). The second-order valence-electron chi connectivity index (χ2n) is 10.1. The van der Waals surface area contributed by atoms with Crippen molar-refractivity contribution in [2.75, 3.05) is 10.6 Å². The van der Waals surface area contributed by atoms with Crippen molar-refractivity contribution < 1.29 is 19.8 Å². The van der Waals surface area contributed by atoms with Crippen LogP contribution >= 0.6 is 23.2 Å². The summed E-state index contributed by atoms with van der Waals surface area (Å²) in [4.78, 5) is 25.9.